The maximum absolute atomic E-state index is 12.5. The van der Waals surface area contributed by atoms with Crippen LogP contribution in [0.3, 0.4) is 0 Å². The number of esters is 1. The second-order valence-corrected chi connectivity index (χ2v) is 6.82. The first kappa shape index (κ1) is 16.9. The molecule has 3 rings (SSSR count). The van der Waals surface area contributed by atoms with Crippen molar-refractivity contribution in [3.63, 3.8) is 0 Å². The van der Waals surface area contributed by atoms with Gasteiger partial charge in [-0.25, -0.2) is 18.4 Å². The number of nitrogens with one attached hydrogen (secondary N) is 2. The maximum atomic E-state index is 12.5. The van der Waals surface area contributed by atoms with Crippen LogP contribution in [0.2, 0.25) is 0 Å². The number of amides is 1. The Hall–Kier alpha value is -2.91. The molecule has 2 heterocycles. The molecule has 25 heavy (non-hydrogen) atoms. The molecule has 8 nitrogen and oxygen atoms in total. The topological polar surface area (TPSA) is 131 Å². The van der Waals surface area contributed by atoms with Crippen molar-refractivity contribution in [2.24, 2.45) is 5.14 Å². The predicted octanol–water partition coefficient (Wildman–Crippen LogP) is 1.09. The highest BCUT2D eigenvalue weighted by atomic mass is 32.2. The van der Waals surface area contributed by atoms with Crippen LogP contribution in [0.1, 0.15) is 18.2 Å². The van der Waals surface area contributed by atoms with Gasteiger partial charge in [0, 0.05) is 17.4 Å². The van der Waals surface area contributed by atoms with Crippen molar-refractivity contribution in [1.82, 2.24) is 4.98 Å². The molecule has 1 aliphatic rings. The number of rotatable bonds is 4. The highest BCUT2D eigenvalue weighted by Gasteiger charge is 2.33. The number of anilines is 1. The van der Waals surface area contributed by atoms with Gasteiger partial charge in [0.15, 0.2) is 0 Å². The minimum absolute atomic E-state index is 0.0228. The first-order valence-electron chi connectivity index (χ1n) is 7.36. The fourth-order valence-corrected chi connectivity index (χ4v) is 3.15. The fourth-order valence-electron chi connectivity index (χ4n) is 2.61. The van der Waals surface area contributed by atoms with Crippen LogP contribution in [0.5, 0.6) is 0 Å². The van der Waals surface area contributed by atoms with E-state index >= 15 is 0 Å². The Morgan fingerprint density at radius 1 is 1.28 bits per heavy atom. The SMILES string of the molecule is CCOC(=O)/C(=C1\C(=O)Nc2ccc(S(N)(=O)=O)cc21)c1ccc[nH]1. The average Bonchev–Trinajstić information content (AvgIpc) is 3.15. The van der Waals surface area contributed by atoms with Gasteiger partial charge in [-0.15, -0.1) is 0 Å². The molecule has 0 unspecified atom stereocenters. The lowest BCUT2D eigenvalue weighted by Crippen LogP contribution is -2.14. The summed E-state index contributed by atoms with van der Waals surface area (Å²) in [6.45, 7) is 1.78. The van der Waals surface area contributed by atoms with Gasteiger partial charge >= 0.3 is 5.97 Å². The molecule has 0 atom stereocenters. The van der Waals surface area contributed by atoms with Crippen molar-refractivity contribution < 1.29 is 22.7 Å². The molecule has 2 aromatic rings. The van der Waals surface area contributed by atoms with Crippen molar-refractivity contribution >= 4 is 38.7 Å². The van der Waals surface area contributed by atoms with Gasteiger partial charge in [0.1, 0.15) is 0 Å². The third-order valence-electron chi connectivity index (χ3n) is 3.66. The maximum Gasteiger partial charge on any atom is 0.341 e. The third-order valence-corrected chi connectivity index (χ3v) is 4.57. The zero-order valence-corrected chi connectivity index (χ0v) is 14.0. The minimum atomic E-state index is -3.96. The third kappa shape index (κ3) is 3.06. The average molecular weight is 361 g/mol. The van der Waals surface area contributed by atoms with Crippen LogP contribution in [-0.2, 0) is 24.3 Å². The zero-order valence-electron chi connectivity index (χ0n) is 13.2. The van der Waals surface area contributed by atoms with Crippen molar-refractivity contribution in [2.45, 2.75) is 11.8 Å². The van der Waals surface area contributed by atoms with E-state index < -0.39 is 21.9 Å². The van der Waals surface area contributed by atoms with E-state index in [0.717, 1.165) is 0 Å². The first-order valence-corrected chi connectivity index (χ1v) is 8.91. The number of aromatic amines is 1. The quantitative estimate of drug-likeness (QED) is 0.554. The Kier molecular flexibility index (Phi) is 4.19. The number of benzene rings is 1. The van der Waals surface area contributed by atoms with Crippen LogP contribution in [0.4, 0.5) is 5.69 Å². The van der Waals surface area contributed by atoms with Gasteiger partial charge in [-0.1, -0.05) is 0 Å². The lowest BCUT2D eigenvalue weighted by atomic mass is 9.99. The van der Waals surface area contributed by atoms with E-state index in [2.05, 4.69) is 10.3 Å². The summed E-state index contributed by atoms with van der Waals surface area (Å²) >= 11 is 0. The van der Waals surface area contributed by atoms with Gasteiger partial charge in [-0.3, -0.25) is 4.79 Å². The number of H-pyrrole nitrogens is 1. The van der Waals surface area contributed by atoms with Crippen LogP contribution in [-0.4, -0.2) is 31.9 Å². The summed E-state index contributed by atoms with van der Waals surface area (Å²) in [5.41, 5.74) is 1.10. The molecule has 1 amide bonds. The van der Waals surface area contributed by atoms with E-state index in [9.17, 15) is 18.0 Å². The molecule has 1 aromatic heterocycles. The highest BCUT2D eigenvalue weighted by Crippen LogP contribution is 2.38. The standard InChI is InChI=1S/C16H15N3O5S/c1-2-24-16(21)14(12-4-3-7-18-12)13-10-8-9(25(17,22)23)5-6-11(10)19-15(13)20/h3-8,18H,2H2,1H3,(H,19,20)(H2,17,22,23)/b14-13-. The lowest BCUT2D eigenvalue weighted by Gasteiger charge is -2.09. The minimum Gasteiger partial charge on any atom is -0.462 e. The van der Waals surface area contributed by atoms with E-state index in [-0.39, 0.29) is 28.2 Å². The number of fused-ring (bicyclic) bond motifs is 1. The second-order valence-electron chi connectivity index (χ2n) is 5.26. The molecule has 0 radical (unpaired) electrons. The normalized spacial score (nSPS) is 15.5. The smallest absolute Gasteiger partial charge is 0.341 e. The van der Waals surface area contributed by atoms with Crippen molar-refractivity contribution in [3.8, 4) is 0 Å². The molecule has 9 heteroatoms. The van der Waals surface area contributed by atoms with Gasteiger partial charge in [0.25, 0.3) is 5.91 Å². The fraction of sp³-hybridized carbons (Fsp3) is 0.125. The molecule has 1 aliphatic heterocycles. The summed E-state index contributed by atoms with van der Waals surface area (Å²) < 4.78 is 28.3. The molecule has 130 valence electrons. The molecule has 0 fully saturated rings. The predicted molar refractivity (Wildman–Crippen MR) is 90.7 cm³/mol. The summed E-state index contributed by atoms with van der Waals surface area (Å²) in [6.07, 6.45) is 1.60. The van der Waals surface area contributed by atoms with E-state index in [4.69, 9.17) is 9.88 Å². The summed E-state index contributed by atoms with van der Waals surface area (Å²) in [5, 5.41) is 7.77. The van der Waals surface area contributed by atoms with E-state index in [0.29, 0.717) is 11.4 Å². The van der Waals surface area contributed by atoms with Crippen LogP contribution >= 0.6 is 0 Å². The molecule has 0 aliphatic carbocycles. The molecular weight excluding hydrogens is 346 g/mol. The number of carbonyl (C=O) groups is 2. The molecule has 0 bridgehead atoms. The van der Waals surface area contributed by atoms with Crippen molar-refractivity contribution in [3.05, 3.63) is 47.8 Å². The van der Waals surface area contributed by atoms with E-state index in [1.165, 1.54) is 18.2 Å². The number of hydrogen-bond donors (Lipinski definition) is 3. The van der Waals surface area contributed by atoms with Gasteiger partial charge < -0.3 is 15.0 Å². The van der Waals surface area contributed by atoms with Crippen LogP contribution in [0.25, 0.3) is 11.1 Å². The van der Waals surface area contributed by atoms with Gasteiger partial charge in [-0.2, -0.15) is 0 Å². The van der Waals surface area contributed by atoms with Gasteiger partial charge in [-0.05, 0) is 37.3 Å². The lowest BCUT2D eigenvalue weighted by molar-refractivity contribution is -0.136. The molecule has 0 saturated heterocycles. The Morgan fingerprint density at radius 2 is 2.04 bits per heavy atom. The van der Waals surface area contributed by atoms with Crippen LogP contribution in [0, 0.1) is 0 Å². The van der Waals surface area contributed by atoms with Crippen molar-refractivity contribution in [2.75, 3.05) is 11.9 Å². The molecule has 0 saturated carbocycles. The number of aromatic nitrogens is 1. The van der Waals surface area contributed by atoms with Crippen LogP contribution < -0.4 is 10.5 Å². The number of hydrogen-bond acceptors (Lipinski definition) is 5. The van der Waals surface area contributed by atoms with Crippen LogP contribution in [0.15, 0.2) is 41.4 Å². The second kappa shape index (κ2) is 6.19. The number of sulfonamides is 1. The van der Waals surface area contributed by atoms with Gasteiger partial charge in [0.2, 0.25) is 10.0 Å². The Labute approximate surface area is 143 Å². The molecule has 4 N–H and O–H groups in total. The highest BCUT2D eigenvalue weighted by molar-refractivity contribution is 7.89. The summed E-state index contributed by atoms with van der Waals surface area (Å²) in [7, 11) is -3.96. The molecular formula is C16H15N3O5S. The number of nitrogens with two attached hydrogens (primary N) is 1. The Bertz CT molecular complexity index is 991. The summed E-state index contributed by atoms with van der Waals surface area (Å²) in [5.74, 6) is -1.22. The number of primary sulfonamides is 1. The van der Waals surface area contributed by atoms with E-state index in [1.54, 1.807) is 25.3 Å². The Balaban J connectivity index is 2.29. The molecule has 0 spiro atoms. The zero-order chi connectivity index (χ0) is 18.2. The Morgan fingerprint density at radius 3 is 2.64 bits per heavy atom. The first-order chi connectivity index (χ1) is 11.8. The largest absolute Gasteiger partial charge is 0.462 e. The summed E-state index contributed by atoms with van der Waals surface area (Å²) in [6, 6.07) is 7.27. The van der Waals surface area contributed by atoms with Gasteiger partial charge in [0.05, 0.1) is 28.3 Å². The van der Waals surface area contributed by atoms with E-state index in [1.807, 2.05) is 0 Å². The number of ether oxygens (including phenoxy) is 1. The van der Waals surface area contributed by atoms with Crippen molar-refractivity contribution in [1.29, 1.82) is 0 Å². The number of carbonyl (C=O) groups excluding carboxylic acids is 2. The summed E-state index contributed by atoms with van der Waals surface area (Å²) in [4.78, 5) is 27.6. The molecule has 1 aromatic carbocycles. The monoisotopic (exact) mass is 361 g/mol.